The van der Waals surface area contributed by atoms with E-state index in [-0.39, 0.29) is 18.5 Å². The topological polar surface area (TPSA) is 63.6 Å². The van der Waals surface area contributed by atoms with Gasteiger partial charge in [0.25, 0.3) is 0 Å². The highest BCUT2D eigenvalue weighted by Gasteiger charge is 2.09. The van der Waals surface area contributed by atoms with Crippen LogP contribution in [0.4, 0.5) is 0 Å². The third-order valence-electron chi connectivity index (χ3n) is 4.42. The van der Waals surface area contributed by atoms with Gasteiger partial charge in [-0.1, -0.05) is 63.3 Å². The summed E-state index contributed by atoms with van der Waals surface area (Å²) in [6.07, 6.45) is 22.0. The third-order valence-corrected chi connectivity index (χ3v) is 4.42. The third kappa shape index (κ3) is 20.6. The quantitative estimate of drug-likeness (QED) is 0.165. The van der Waals surface area contributed by atoms with Crippen LogP contribution >= 0.6 is 0 Å². The molecule has 27 heavy (non-hydrogen) atoms. The molecule has 156 valence electrons. The molecule has 0 saturated heterocycles. The van der Waals surface area contributed by atoms with Gasteiger partial charge in [0.1, 0.15) is 0 Å². The van der Waals surface area contributed by atoms with E-state index in [2.05, 4.69) is 31.2 Å². The summed E-state index contributed by atoms with van der Waals surface area (Å²) in [5.74, 6) is -0.962. The molecule has 0 spiro atoms. The lowest BCUT2D eigenvalue weighted by Crippen LogP contribution is -2.15. The molecule has 0 heterocycles. The van der Waals surface area contributed by atoms with Gasteiger partial charge in [0.15, 0.2) is 0 Å². The summed E-state index contributed by atoms with van der Waals surface area (Å²) in [4.78, 5) is 22.2. The van der Waals surface area contributed by atoms with Gasteiger partial charge in [-0.05, 0) is 51.9 Å². The van der Waals surface area contributed by atoms with Crippen LogP contribution in [0, 0.1) is 0 Å². The summed E-state index contributed by atoms with van der Waals surface area (Å²) in [6, 6.07) is 0. The van der Waals surface area contributed by atoms with Gasteiger partial charge >= 0.3 is 11.9 Å². The molecule has 0 fully saturated rings. The van der Waals surface area contributed by atoms with Gasteiger partial charge in [0.2, 0.25) is 0 Å². The minimum Gasteiger partial charge on any atom is -0.481 e. The first kappa shape index (κ1) is 25.4. The van der Waals surface area contributed by atoms with Gasteiger partial charge in [-0.2, -0.15) is 0 Å². The highest BCUT2D eigenvalue weighted by Crippen LogP contribution is 2.10. The van der Waals surface area contributed by atoms with Crippen LogP contribution in [-0.4, -0.2) is 23.1 Å². The first-order chi connectivity index (χ1) is 13.1. The monoisotopic (exact) mass is 380 g/mol. The SMILES string of the molecule is CCCC/C=C\C/C=C\CCCCCCCC(=O)OC(C)CCCC(=O)O. The maximum Gasteiger partial charge on any atom is 0.306 e. The number of carboxylic acids is 1. The molecule has 0 aliphatic heterocycles. The fourth-order valence-corrected chi connectivity index (χ4v) is 2.77. The molecule has 0 aliphatic carbocycles. The first-order valence-electron chi connectivity index (χ1n) is 10.8. The fourth-order valence-electron chi connectivity index (χ4n) is 2.77. The number of carboxylic acid groups (broad SMARTS) is 1. The number of hydrogen-bond acceptors (Lipinski definition) is 3. The molecule has 4 heteroatoms. The Morgan fingerprint density at radius 2 is 1.48 bits per heavy atom. The predicted octanol–water partition coefficient (Wildman–Crippen LogP) is 6.60. The van der Waals surface area contributed by atoms with Crippen molar-refractivity contribution in [1.82, 2.24) is 0 Å². The van der Waals surface area contributed by atoms with Crippen molar-refractivity contribution in [2.24, 2.45) is 0 Å². The van der Waals surface area contributed by atoms with Crippen molar-refractivity contribution in [3.8, 4) is 0 Å². The van der Waals surface area contributed by atoms with E-state index in [9.17, 15) is 9.59 Å². The van der Waals surface area contributed by atoms with E-state index in [0.29, 0.717) is 19.3 Å². The van der Waals surface area contributed by atoms with Crippen molar-refractivity contribution in [3.05, 3.63) is 24.3 Å². The Kier molecular flexibility index (Phi) is 18.1. The van der Waals surface area contributed by atoms with Gasteiger partial charge in [0.05, 0.1) is 6.10 Å². The number of rotatable bonds is 18. The van der Waals surface area contributed by atoms with Gasteiger partial charge in [-0.15, -0.1) is 0 Å². The molecule has 0 amide bonds. The number of allylic oxidation sites excluding steroid dienone is 4. The second kappa shape index (κ2) is 19.2. The second-order valence-electron chi connectivity index (χ2n) is 7.21. The Labute approximate surface area is 166 Å². The number of carbonyl (C=O) groups excluding carboxylic acids is 1. The van der Waals surface area contributed by atoms with E-state index in [1.54, 1.807) is 0 Å². The van der Waals surface area contributed by atoms with Crippen LogP contribution in [0.15, 0.2) is 24.3 Å². The molecule has 1 unspecified atom stereocenters. The number of aliphatic carboxylic acids is 1. The zero-order valence-corrected chi connectivity index (χ0v) is 17.5. The van der Waals surface area contributed by atoms with E-state index in [1.165, 1.54) is 32.1 Å². The Morgan fingerprint density at radius 3 is 2.15 bits per heavy atom. The lowest BCUT2D eigenvalue weighted by molar-refractivity contribution is -0.148. The van der Waals surface area contributed by atoms with Crippen LogP contribution in [0.5, 0.6) is 0 Å². The summed E-state index contributed by atoms with van der Waals surface area (Å²) in [6.45, 7) is 4.04. The standard InChI is InChI=1S/C23H40O4/c1-3-4-5-6-7-8-9-10-11-12-13-14-15-16-20-23(26)27-21(2)18-17-19-22(24)25/h6-7,9-10,21H,3-5,8,11-20H2,1-2H3,(H,24,25)/b7-6-,10-9-. The number of ether oxygens (including phenoxy) is 1. The van der Waals surface area contributed by atoms with Crippen LogP contribution < -0.4 is 0 Å². The van der Waals surface area contributed by atoms with E-state index in [4.69, 9.17) is 9.84 Å². The molecule has 0 bridgehead atoms. The average Bonchev–Trinajstić information content (AvgIpc) is 2.61. The van der Waals surface area contributed by atoms with Crippen LogP contribution in [0.2, 0.25) is 0 Å². The number of hydrogen-bond donors (Lipinski definition) is 1. The van der Waals surface area contributed by atoms with E-state index in [1.807, 2.05) is 6.92 Å². The van der Waals surface area contributed by atoms with Crippen molar-refractivity contribution in [2.75, 3.05) is 0 Å². The molecule has 4 nitrogen and oxygen atoms in total. The van der Waals surface area contributed by atoms with Crippen molar-refractivity contribution in [1.29, 1.82) is 0 Å². The van der Waals surface area contributed by atoms with Gasteiger partial charge in [-0.25, -0.2) is 0 Å². The lowest BCUT2D eigenvalue weighted by Gasteiger charge is -2.12. The number of carbonyl (C=O) groups is 2. The van der Waals surface area contributed by atoms with Crippen molar-refractivity contribution in [2.45, 2.75) is 110 Å². The largest absolute Gasteiger partial charge is 0.481 e. The van der Waals surface area contributed by atoms with Crippen molar-refractivity contribution in [3.63, 3.8) is 0 Å². The molecular formula is C23H40O4. The minimum absolute atomic E-state index is 0.132. The number of esters is 1. The molecule has 0 saturated carbocycles. The number of unbranched alkanes of at least 4 members (excludes halogenated alkanes) is 7. The molecule has 0 rings (SSSR count). The molecule has 0 aromatic rings. The molecular weight excluding hydrogens is 340 g/mol. The first-order valence-corrected chi connectivity index (χ1v) is 10.8. The zero-order valence-electron chi connectivity index (χ0n) is 17.5. The molecule has 0 aromatic heterocycles. The van der Waals surface area contributed by atoms with Gasteiger partial charge in [0, 0.05) is 12.8 Å². The van der Waals surface area contributed by atoms with Crippen LogP contribution in [0.25, 0.3) is 0 Å². The van der Waals surface area contributed by atoms with Gasteiger partial charge < -0.3 is 9.84 Å². The van der Waals surface area contributed by atoms with Crippen LogP contribution in [-0.2, 0) is 14.3 Å². The maximum absolute atomic E-state index is 11.7. The summed E-state index contributed by atoms with van der Waals surface area (Å²) in [7, 11) is 0. The molecule has 0 aliphatic rings. The minimum atomic E-state index is -0.803. The fraction of sp³-hybridized carbons (Fsp3) is 0.739. The Bertz CT molecular complexity index is 426. The summed E-state index contributed by atoms with van der Waals surface area (Å²) < 4.78 is 5.30. The summed E-state index contributed by atoms with van der Waals surface area (Å²) >= 11 is 0. The zero-order chi connectivity index (χ0) is 20.2. The van der Waals surface area contributed by atoms with Gasteiger partial charge in [-0.3, -0.25) is 9.59 Å². The smallest absolute Gasteiger partial charge is 0.306 e. The van der Waals surface area contributed by atoms with Crippen molar-refractivity contribution < 1.29 is 19.4 Å². The Balaban J connectivity index is 3.41. The van der Waals surface area contributed by atoms with Crippen LogP contribution in [0.3, 0.4) is 0 Å². The Morgan fingerprint density at radius 1 is 0.852 bits per heavy atom. The average molecular weight is 381 g/mol. The van der Waals surface area contributed by atoms with Crippen molar-refractivity contribution >= 4 is 11.9 Å². The van der Waals surface area contributed by atoms with E-state index in [0.717, 1.165) is 32.1 Å². The predicted molar refractivity (Wildman–Crippen MR) is 112 cm³/mol. The highest BCUT2D eigenvalue weighted by atomic mass is 16.5. The lowest BCUT2D eigenvalue weighted by atomic mass is 10.1. The maximum atomic E-state index is 11.7. The second-order valence-corrected chi connectivity index (χ2v) is 7.21. The van der Waals surface area contributed by atoms with E-state index >= 15 is 0 Å². The Hall–Kier alpha value is -1.58. The normalized spacial score (nSPS) is 12.7. The molecule has 1 atom stereocenters. The molecule has 1 N–H and O–H groups in total. The molecule has 0 radical (unpaired) electrons. The summed E-state index contributed by atoms with van der Waals surface area (Å²) in [5, 5.41) is 8.59. The molecule has 0 aromatic carbocycles. The van der Waals surface area contributed by atoms with E-state index < -0.39 is 5.97 Å². The van der Waals surface area contributed by atoms with Crippen LogP contribution in [0.1, 0.15) is 104 Å². The highest BCUT2D eigenvalue weighted by molar-refractivity contribution is 5.69. The summed E-state index contributed by atoms with van der Waals surface area (Å²) in [5.41, 5.74) is 0.